The van der Waals surface area contributed by atoms with Crippen LogP contribution in [0.25, 0.3) is 10.9 Å². The molecule has 3 N–H and O–H groups in total. The van der Waals surface area contributed by atoms with Crippen LogP contribution in [0.2, 0.25) is 0 Å². The van der Waals surface area contributed by atoms with E-state index in [2.05, 4.69) is 65.0 Å². The molecule has 6 nitrogen and oxygen atoms in total. The SMILES string of the molecule is COc1cccc([C@H](CNC[C@H](O)CO[C@@H]2CCCc3ccccc32)c2c[nH]c3ccccc23)c1OC. The van der Waals surface area contributed by atoms with Gasteiger partial charge in [-0.05, 0) is 48.1 Å². The summed E-state index contributed by atoms with van der Waals surface area (Å²) in [4.78, 5) is 3.40. The zero-order chi connectivity index (χ0) is 25.6. The highest BCUT2D eigenvalue weighted by Gasteiger charge is 2.24. The van der Waals surface area contributed by atoms with Gasteiger partial charge in [-0.2, -0.15) is 0 Å². The van der Waals surface area contributed by atoms with E-state index in [1.54, 1.807) is 14.2 Å². The van der Waals surface area contributed by atoms with Gasteiger partial charge in [-0.15, -0.1) is 0 Å². The van der Waals surface area contributed by atoms with Crippen LogP contribution in [-0.2, 0) is 11.2 Å². The van der Waals surface area contributed by atoms with Gasteiger partial charge in [-0.1, -0.05) is 54.6 Å². The summed E-state index contributed by atoms with van der Waals surface area (Å²) in [6.45, 7) is 1.35. The first kappa shape index (κ1) is 25.3. The number of hydrogen-bond donors (Lipinski definition) is 3. The second kappa shape index (κ2) is 11.8. The van der Waals surface area contributed by atoms with Crippen LogP contribution in [0.5, 0.6) is 11.5 Å². The summed E-state index contributed by atoms with van der Waals surface area (Å²) < 4.78 is 17.5. The number of rotatable bonds is 11. The van der Waals surface area contributed by atoms with Crippen molar-refractivity contribution in [2.45, 2.75) is 37.4 Å². The van der Waals surface area contributed by atoms with Gasteiger partial charge in [0.2, 0.25) is 0 Å². The predicted molar refractivity (Wildman–Crippen MR) is 147 cm³/mol. The Hall–Kier alpha value is -3.32. The van der Waals surface area contributed by atoms with Crippen LogP contribution in [-0.4, -0.2) is 50.1 Å². The zero-order valence-corrected chi connectivity index (χ0v) is 21.6. The Morgan fingerprint density at radius 1 is 0.946 bits per heavy atom. The summed E-state index contributed by atoms with van der Waals surface area (Å²) in [5.41, 5.74) is 5.91. The Kier molecular flexibility index (Phi) is 8.09. The maximum absolute atomic E-state index is 10.8. The molecule has 0 unspecified atom stereocenters. The second-order valence-corrected chi connectivity index (χ2v) is 9.65. The van der Waals surface area contributed by atoms with Gasteiger partial charge in [0, 0.05) is 41.7 Å². The number of fused-ring (bicyclic) bond motifs is 2. The fourth-order valence-electron chi connectivity index (χ4n) is 5.52. The molecule has 0 amide bonds. The molecule has 0 fully saturated rings. The molecule has 0 bridgehead atoms. The number of nitrogens with one attached hydrogen (secondary N) is 2. The van der Waals surface area contributed by atoms with E-state index >= 15 is 0 Å². The van der Waals surface area contributed by atoms with Crippen molar-refractivity contribution >= 4 is 10.9 Å². The molecule has 0 radical (unpaired) electrons. The van der Waals surface area contributed by atoms with E-state index in [-0.39, 0.29) is 12.0 Å². The van der Waals surface area contributed by atoms with E-state index in [1.165, 1.54) is 22.1 Å². The molecule has 1 aromatic heterocycles. The lowest BCUT2D eigenvalue weighted by atomic mass is 9.89. The largest absolute Gasteiger partial charge is 0.493 e. The van der Waals surface area contributed by atoms with E-state index in [0.29, 0.717) is 25.4 Å². The Balaban J connectivity index is 1.29. The van der Waals surface area contributed by atoms with Crippen LogP contribution in [0.4, 0.5) is 0 Å². The number of para-hydroxylation sites is 2. The first-order chi connectivity index (χ1) is 18.2. The lowest BCUT2D eigenvalue weighted by Gasteiger charge is -2.27. The number of aryl methyl sites for hydroxylation is 1. The quantitative estimate of drug-likeness (QED) is 0.258. The van der Waals surface area contributed by atoms with Gasteiger partial charge in [0.1, 0.15) is 0 Å². The lowest BCUT2D eigenvalue weighted by molar-refractivity contribution is -0.0166. The molecular formula is C31H36N2O4. The Bertz CT molecular complexity index is 1320. The molecule has 3 aromatic carbocycles. The van der Waals surface area contributed by atoms with Gasteiger partial charge in [-0.25, -0.2) is 0 Å². The minimum Gasteiger partial charge on any atom is -0.493 e. The van der Waals surface area contributed by atoms with Crippen molar-refractivity contribution in [3.63, 3.8) is 0 Å². The molecular weight excluding hydrogens is 464 g/mol. The van der Waals surface area contributed by atoms with Crippen LogP contribution in [0.3, 0.4) is 0 Å². The molecule has 194 valence electrons. The van der Waals surface area contributed by atoms with E-state index in [9.17, 15) is 5.11 Å². The molecule has 5 rings (SSSR count). The third-order valence-corrected chi connectivity index (χ3v) is 7.34. The predicted octanol–water partition coefficient (Wildman–Crippen LogP) is 5.36. The molecule has 6 heteroatoms. The first-order valence-electron chi connectivity index (χ1n) is 13.0. The van der Waals surface area contributed by atoms with Crippen LogP contribution < -0.4 is 14.8 Å². The normalized spacial score (nSPS) is 16.8. The fourth-order valence-corrected chi connectivity index (χ4v) is 5.52. The number of benzene rings is 3. The van der Waals surface area contributed by atoms with Crippen molar-refractivity contribution in [1.29, 1.82) is 0 Å². The number of ether oxygens (including phenoxy) is 3. The standard InChI is InChI=1S/C31H36N2O4/c1-35-30-16-8-13-25(31(30)36-2)26(27-19-33-28-14-6-5-12-24(27)28)18-32-17-22(34)20-37-29-15-7-10-21-9-3-4-11-23(21)29/h3-6,8-9,11-14,16,19,22,26,29,32-34H,7,10,15,17-18,20H2,1-2H3/t22-,26-,29+/m0/s1. The van der Waals surface area contributed by atoms with Crippen molar-refractivity contribution in [1.82, 2.24) is 10.3 Å². The fraction of sp³-hybridized carbons (Fsp3) is 0.355. The molecule has 1 aliphatic rings. The van der Waals surface area contributed by atoms with Crippen molar-refractivity contribution in [3.05, 3.63) is 95.2 Å². The Morgan fingerprint density at radius 2 is 1.78 bits per heavy atom. The minimum absolute atomic E-state index is 0.0143. The molecule has 37 heavy (non-hydrogen) atoms. The second-order valence-electron chi connectivity index (χ2n) is 9.65. The number of aliphatic hydroxyl groups excluding tert-OH is 1. The Labute approximate surface area is 218 Å². The number of methoxy groups -OCH3 is 2. The van der Waals surface area contributed by atoms with E-state index in [0.717, 1.165) is 36.1 Å². The summed E-state index contributed by atoms with van der Waals surface area (Å²) in [6, 6.07) is 22.8. The molecule has 3 atom stereocenters. The van der Waals surface area contributed by atoms with Crippen LogP contribution >= 0.6 is 0 Å². The maximum atomic E-state index is 10.8. The molecule has 0 saturated heterocycles. The van der Waals surface area contributed by atoms with E-state index < -0.39 is 6.10 Å². The average Bonchev–Trinajstić information content (AvgIpc) is 3.37. The number of H-pyrrole nitrogens is 1. The Morgan fingerprint density at radius 3 is 2.65 bits per heavy atom. The van der Waals surface area contributed by atoms with Gasteiger partial charge >= 0.3 is 0 Å². The zero-order valence-electron chi connectivity index (χ0n) is 21.6. The molecule has 0 aliphatic heterocycles. The highest BCUT2D eigenvalue weighted by atomic mass is 16.5. The summed E-state index contributed by atoms with van der Waals surface area (Å²) in [5, 5.41) is 15.4. The summed E-state index contributed by atoms with van der Waals surface area (Å²) in [5.74, 6) is 1.41. The molecule has 4 aromatic rings. The molecule has 0 spiro atoms. The highest BCUT2D eigenvalue weighted by molar-refractivity contribution is 5.84. The third kappa shape index (κ3) is 5.52. The lowest BCUT2D eigenvalue weighted by Crippen LogP contribution is -2.34. The van der Waals surface area contributed by atoms with Gasteiger partial charge in [0.05, 0.1) is 33.0 Å². The number of hydrogen-bond acceptors (Lipinski definition) is 5. The molecule has 1 heterocycles. The van der Waals surface area contributed by atoms with Gasteiger partial charge in [0.25, 0.3) is 0 Å². The molecule has 1 aliphatic carbocycles. The van der Waals surface area contributed by atoms with Crippen LogP contribution in [0.15, 0.2) is 72.9 Å². The summed E-state index contributed by atoms with van der Waals surface area (Å²) >= 11 is 0. The summed E-state index contributed by atoms with van der Waals surface area (Å²) in [7, 11) is 3.33. The number of aliphatic hydroxyl groups is 1. The van der Waals surface area contributed by atoms with Crippen molar-refractivity contribution in [2.24, 2.45) is 0 Å². The van der Waals surface area contributed by atoms with E-state index in [4.69, 9.17) is 14.2 Å². The highest BCUT2D eigenvalue weighted by Crippen LogP contribution is 2.40. The monoisotopic (exact) mass is 500 g/mol. The number of aromatic amines is 1. The van der Waals surface area contributed by atoms with Gasteiger partial charge in [-0.3, -0.25) is 0 Å². The van der Waals surface area contributed by atoms with Gasteiger partial charge in [0.15, 0.2) is 11.5 Å². The average molecular weight is 501 g/mol. The van der Waals surface area contributed by atoms with Crippen molar-refractivity contribution in [3.8, 4) is 11.5 Å². The third-order valence-electron chi connectivity index (χ3n) is 7.34. The topological polar surface area (TPSA) is 75.7 Å². The van der Waals surface area contributed by atoms with E-state index in [1.807, 2.05) is 18.2 Å². The van der Waals surface area contributed by atoms with Gasteiger partial charge < -0.3 is 29.6 Å². The smallest absolute Gasteiger partial charge is 0.164 e. The number of aromatic nitrogens is 1. The summed E-state index contributed by atoms with van der Waals surface area (Å²) in [6.07, 6.45) is 4.73. The first-order valence-corrected chi connectivity index (χ1v) is 13.0. The minimum atomic E-state index is -0.607. The molecule has 0 saturated carbocycles. The maximum Gasteiger partial charge on any atom is 0.164 e. The van der Waals surface area contributed by atoms with Crippen LogP contribution in [0.1, 0.15) is 47.1 Å². The van der Waals surface area contributed by atoms with Crippen LogP contribution in [0, 0.1) is 0 Å². The van der Waals surface area contributed by atoms with Crippen molar-refractivity contribution in [2.75, 3.05) is 33.9 Å². The van der Waals surface area contributed by atoms with Crippen molar-refractivity contribution < 1.29 is 19.3 Å².